The summed E-state index contributed by atoms with van der Waals surface area (Å²) in [5, 5.41) is 16.0. The summed E-state index contributed by atoms with van der Waals surface area (Å²) >= 11 is 0. The fraction of sp³-hybridized carbons (Fsp3) is 0.231. The van der Waals surface area contributed by atoms with E-state index in [0.717, 1.165) is 12.0 Å². The first-order valence-corrected chi connectivity index (χ1v) is 5.70. The lowest BCUT2D eigenvalue weighted by Gasteiger charge is -2.04. The van der Waals surface area contributed by atoms with Gasteiger partial charge in [0.2, 0.25) is 0 Å². The van der Waals surface area contributed by atoms with Crippen molar-refractivity contribution in [3.05, 3.63) is 47.8 Å². The molecule has 0 aliphatic rings. The lowest BCUT2D eigenvalue weighted by Crippen LogP contribution is -2.25. The maximum absolute atomic E-state index is 11.7. The summed E-state index contributed by atoms with van der Waals surface area (Å²) in [5.74, 6) is 0.0146. The standard InChI is InChI=1S/C13H15N3O2/c1-16-9-10(8-15-16)6-7-14-13(18)11-2-4-12(17)5-3-11/h2-5,8-9,17H,6-7H2,1H3,(H,14,18). The Labute approximate surface area is 105 Å². The smallest absolute Gasteiger partial charge is 0.251 e. The maximum atomic E-state index is 11.7. The molecule has 0 unspecified atom stereocenters. The Balaban J connectivity index is 1.83. The highest BCUT2D eigenvalue weighted by atomic mass is 16.3. The van der Waals surface area contributed by atoms with Crippen molar-refractivity contribution >= 4 is 5.91 Å². The van der Waals surface area contributed by atoms with Gasteiger partial charge < -0.3 is 10.4 Å². The van der Waals surface area contributed by atoms with E-state index >= 15 is 0 Å². The minimum atomic E-state index is -0.140. The number of rotatable bonds is 4. The fourth-order valence-corrected chi connectivity index (χ4v) is 1.64. The van der Waals surface area contributed by atoms with Crippen molar-refractivity contribution < 1.29 is 9.90 Å². The van der Waals surface area contributed by atoms with Crippen molar-refractivity contribution in [3.8, 4) is 5.75 Å². The van der Waals surface area contributed by atoms with E-state index in [2.05, 4.69) is 10.4 Å². The molecule has 1 heterocycles. The third-order valence-corrected chi connectivity index (χ3v) is 2.59. The van der Waals surface area contributed by atoms with E-state index < -0.39 is 0 Å². The van der Waals surface area contributed by atoms with Gasteiger partial charge >= 0.3 is 0 Å². The summed E-state index contributed by atoms with van der Waals surface area (Å²) in [6, 6.07) is 6.18. The first-order chi connectivity index (χ1) is 8.65. The second-order valence-electron chi connectivity index (χ2n) is 4.08. The molecular formula is C13H15N3O2. The van der Waals surface area contributed by atoms with Crippen LogP contribution in [0.3, 0.4) is 0 Å². The van der Waals surface area contributed by atoms with E-state index in [9.17, 15) is 4.79 Å². The molecule has 0 bridgehead atoms. The molecule has 2 aromatic rings. The molecule has 0 aliphatic heterocycles. The number of phenols is 1. The number of aromatic hydroxyl groups is 1. The minimum Gasteiger partial charge on any atom is -0.508 e. The Hall–Kier alpha value is -2.30. The molecule has 5 heteroatoms. The van der Waals surface area contributed by atoms with Crippen LogP contribution in [0.2, 0.25) is 0 Å². The number of phenolic OH excluding ortho intramolecular Hbond substituents is 1. The van der Waals surface area contributed by atoms with Crippen molar-refractivity contribution in [1.82, 2.24) is 15.1 Å². The van der Waals surface area contributed by atoms with Gasteiger partial charge in [0.05, 0.1) is 6.20 Å². The number of aromatic nitrogens is 2. The second-order valence-corrected chi connectivity index (χ2v) is 4.08. The molecule has 18 heavy (non-hydrogen) atoms. The molecule has 0 fully saturated rings. The molecule has 0 atom stereocenters. The van der Waals surface area contributed by atoms with Crippen molar-refractivity contribution in [2.45, 2.75) is 6.42 Å². The lowest BCUT2D eigenvalue weighted by atomic mass is 10.2. The highest BCUT2D eigenvalue weighted by Crippen LogP contribution is 2.09. The highest BCUT2D eigenvalue weighted by molar-refractivity contribution is 5.94. The number of aryl methyl sites for hydroxylation is 1. The van der Waals surface area contributed by atoms with Crippen LogP contribution >= 0.6 is 0 Å². The zero-order chi connectivity index (χ0) is 13.0. The van der Waals surface area contributed by atoms with Crippen LogP contribution in [0.25, 0.3) is 0 Å². The Morgan fingerprint density at radius 1 is 1.39 bits per heavy atom. The first kappa shape index (κ1) is 12.2. The van der Waals surface area contributed by atoms with Crippen LogP contribution < -0.4 is 5.32 Å². The van der Waals surface area contributed by atoms with Crippen LogP contribution in [0.1, 0.15) is 15.9 Å². The predicted octanol–water partition coefficient (Wildman–Crippen LogP) is 1.10. The van der Waals surface area contributed by atoms with Gasteiger partial charge in [-0.3, -0.25) is 9.48 Å². The van der Waals surface area contributed by atoms with Gasteiger partial charge in [0.15, 0.2) is 0 Å². The summed E-state index contributed by atoms with van der Waals surface area (Å²) in [6.07, 6.45) is 4.46. The van der Waals surface area contributed by atoms with Crippen LogP contribution in [-0.2, 0) is 13.5 Å². The molecule has 5 nitrogen and oxygen atoms in total. The summed E-state index contributed by atoms with van der Waals surface area (Å²) < 4.78 is 1.73. The number of hydrogen-bond acceptors (Lipinski definition) is 3. The van der Waals surface area contributed by atoms with Crippen molar-refractivity contribution in [3.63, 3.8) is 0 Å². The molecule has 0 saturated heterocycles. The van der Waals surface area contributed by atoms with Gasteiger partial charge in [-0.1, -0.05) is 0 Å². The summed E-state index contributed by atoms with van der Waals surface area (Å²) in [6.45, 7) is 0.561. The first-order valence-electron chi connectivity index (χ1n) is 5.70. The molecule has 2 rings (SSSR count). The SMILES string of the molecule is Cn1cc(CCNC(=O)c2ccc(O)cc2)cn1. The Kier molecular flexibility index (Phi) is 3.62. The molecule has 1 amide bonds. The second kappa shape index (κ2) is 5.35. The van der Waals surface area contributed by atoms with Crippen LogP contribution in [0.5, 0.6) is 5.75 Å². The van der Waals surface area contributed by atoms with E-state index in [1.807, 2.05) is 13.2 Å². The number of carbonyl (C=O) groups excluding carboxylic acids is 1. The highest BCUT2D eigenvalue weighted by Gasteiger charge is 2.04. The molecule has 2 N–H and O–H groups in total. The monoisotopic (exact) mass is 245 g/mol. The molecule has 0 radical (unpaired) electrons. The summed E-state index contributed by atoms with van der Waals surface area (Å²) in [5.41, 5.74) is 1.63. The van der Waals surface area contributed by atoms with Crippen LogP contribution in [0.4, 0.5) is 0 Å². The van der Waals surface area contributed by atoms with Crippen LogP contribution in [0, 0.1) is 0 Å². The summed E-state index contributed by atoms with van der Waals surface area (Å²) in [7, 11) is 1.86. The van der Waals surface area contributed by atoms with Gasteiger partial charge in [-0.25, -0.2) is 0 Å². The molecule has 0 saturated carbocycles. The lowest BCUT2D eigenvalue weighted by molar-refractivity contribution is 0.0954. The van der Waals surface area contributed by atoms with Crippen LogP contribution in [0.15, 0.2) is 36.7 Å². The van der Waals surface area contributed by atoms with E-state index in [1.165, 1.54) is 12.1 Å². The van der Waals surface area contributed by atoms with Gasteiger partial charge in [-0.2, -0.15) is 5.10 Å². The van der Waals surface area contributed by atoms with Crippen molar-refractivity contribution in [1.29, 1.82) is 0 Å². The summed E-state index contributed by atoms with van der Waals surface area (Å²) in [4.78, 5) is 11.7. The predicted molar refractivity (Wildman–Crippen MR) is 67.4 cm³/mol. The van der Waals surface area contributed by atoms with E-state index in [-0.39, 0.29) is 11.7 Å². The van der Waals surface area contributed by atoms with Crippen molar-refractivity contribution in [2.75, 3.05) is 6.54 Å². The van der Waals surface area contributed by atoms with Crippen LogP contribution in [-0.4, -0.2) is 27.3 Å². The molecule has 0 spiro atoms. The number of benzene rings is 1. The van der Waals surface area contributed by atoms with Gasteiger partial charge in [0.1, 0.15) is 5.75 Å². The number of nitrogens with zero attached hydrogens (tertiary/aromatic N) is 2. The zero-order valence-corrected chi connectivity index (χ0v) is 10.1. The largest absolute Gasteiger partial charge is 0.508 e. The molecule has 0 aliphatic carbocycles. The topological polar surface area (TPSA) is 67.2 Å². The molecular weight excluding hydrogens is 230 g/mol. The minimum absolute atomic E-state index is 0.140. The normalized spacial score (nSPS) is 10.3. The average molecular weight is 245 g/mol. The number of hydrogen-bond donors (Lipinski definition) is 2. The van der Waals surface area contributed by atoms with Gasteiger partial charge in [-0.15, -0.1) is 0 Å². The zero-order valence-electron chi connectivity index (χ0n) is 10.1. The van der Waals surface area contributed by atoms with Gasteiger partial charge in [0, 0.05) is 25.4 Å². The van der Waals surface area contributed by atoms with E-state index in [0.29, 0.717) is 12.1 Å². The Morgan fingerprint density at radius 3 is 2.72 bits per heavy atom. The quantitative estimate of drug-likeness (QED) is 0.847. The van der Waals surface area contributed by atoms with Crippen molar-refractivity contribution in [2.24, 2.45) is 7.05 Å². The molecule has 1 aromatic heterocycles. The molecule has 94 valence electrons. The number of amides is 1. The van der Waals surface area contributed by atoms with Gasteiger partial charge in [0.25, 0.3) is 5.91 Å². The Bertz CT molecular complexity index is 531. The number of carbonyl (C=O) groups is 1. The van der Waals surface area contributed by atoms with Gasteiger partial charge in [-0.05, 0) is 36.2 Å². The third-order valence-electron chi connectivity index (χ3n) is 2.59. The van der Waals surface area contributed by atoms with E-state index in [1.54, 1.807) is 23.0 Å². The Morgan fingerprint density at radius 2 is 2.11 bits per heavy atom. The maximum Gasteiger partial charge on any atom is 0.251 e. The average Bonchev–Trinajstić information content (AvgIpc) is 2.76. The van der Waals surface area contributed by atoms with E-state index in [4.69, 9.17) is 5.11 Å². The number of nitrogens with one attached hydrogen (secondary N) is 1. The third kappa shape index (κ3) is 3.10. The fourth-order valence-electron chi connectivity index (χ4n) is 1.64. The molecule has 1 aromatic carbocycles.